The van der Waals surface area contributed by atoms with Gasteiger partial charge in [-0.05, 0) is 5.53 Å². The summed E-state index contributed by atoms with van der Waals surface area (Å²) in [6.07, 6.45) is 0. The van der Waals surface area contributed by atoms with Crippen molar-refractivity contribution in [2.24, 2.45) is 5.11 Å². The lowest BCUT2D eigenvalue weighted by Gasteiger charge is -2.03. The van der Waals surface area contributed by atoms with Crippen LogP contribution in [0.4, 0.5) is 23.2 Å². The highest BCUT2D eigenvalue weighted by atomic mass is 32.1. The summed E-state index contributed by atoms with van der Waals surface area (Å²) < 4.78 is 51.0. The van der Waals surface area contributed by atoms with E-state index in [2.05, 4.69) is 17.7 Å². The highest BCUT2D eigenvalue weighted by Gasteiger charge is 2.22. The molecule has 0 fully saturated rings. The van der Waals surface area contributed by atoms with Gasteiger partial charge in [-0.3, -0.25) is 0 Å². The zero-order valence-electron chi connectivity index (χ0n) is 6.30. The minimum Gasteiger partial charge on any atom is -0.203 e. The predicted octanol–water partition coefficient (Wildman–Crippen LogP) is 3.47. The SMILES string of the molecule is [N-]=[N+]=Nc1c(F)c(F)c(S)c(F)c1F. The number of hydrogen-bond acceptors (Lipinski definition) is 2. The molecule has 1 rings (SSSR count). The van der Waals surface area contributed by atoms with Crippen LogP contribution < -0.4 is 0 Å². The van der Waals surface area contributed by atoms with Crippen molar-refractivity contribution in [2.45, 2.75) is 4.90 Å². The fraction of sp³-hybridized carbons (Fsp3) is 0. The minimum absolute atomic E-state index is 1.10. The summed E-state index contributed by atoms with van der Waals surface area (Å²) in [4.78, 5) is 0.926. The van der Waals surface area contributed by atoms with E-state index >= 15 is 0 Å². The van der Waals surface area contributed by atoms with Crippen LogP contribution in [0.3, 0.4) is 0 Å². The van der Waals surface area contributed by atoms with Crippen LogP contribution >= 0.6 is 12.6 Å². The van der Waals surface area contributed by atoms with Crippen molar-refractivity contribution in [1.82, 2.24) is 0 Å². The molecule has 1 aromatic rings. The Morgan fingerprint density at radius 2 is 1.43 bits per heavy atom. The van der Waals surface area contributed by atoms with Crippen molar-refractivity contribution < 1.29 is 17.6 Å². The van der Waals surface area contributed by atoms with Crippen LogP contribution in [0.5, 0.6) is 0 Å². The molecule has 74 valence electrons. The van der Waals surface area contributed by atoms with Gasteiger partial charge in [-0.15, -0.1) is 12.6 Å². The van der Waals surface area contributed by atoms with E-state index in [1.54, 1.807) is 0 Å². The Bertz CT molecular complexity index is 412. The number of thiol groups is 1. The summed E-state index contributed by atoms with van der Waals surface area (Å²) in [5.41, 5.74) is 6.53. The molecular formula is C6HF4N3S. The highest BCUT2D eigenvalue weighted by Crippen LogP contribution is 2.31. The van der Waals surface area contributed by atoms with Crippen molar-refractivity contribution >= 4 is 18.3 Å². The molecule has 8 heteroatoms. The molecule has 0 saturated carbocycles. The largest absolute Gasteiger partial charge is 0.203 e. The molecular weight excluding hydrogens is 222 g/mol. The molecule has 1 aromatic carbocycles. The van der Waals surface area contributed by atoms with Gasteiger partial charge in [-0.2, -0.15) is 0 Å². The molecule has 0 spiro atoms. The summed E-state index contributed by atoms with van der Waals surface area (Å²) in [5.74, 6) is -6.94. The third-order valence-electron chi connectivity index (χ3n) is 1.36. The van der Waals surface area contributed by atoms with Crippen molar-refractivity contribution in [3.8, 4) is 0 Å². The third kappa shape index (κ3) is 1.49. The van der Waals surface area contributed by atoms with Gasteiger partial charge >= 0.3 is 0 Å². The first kappa shape index (κ1) is 10.7. The number of halogens is 4. The average molecular weight is 223 g/mol. The maximum Gasteiger partial charge on any atom is 0.175 e. The van der Waals surface area contributed by atoms with Crippen molar-refractivity contribution in [3.63, 3.8) is 0 Å². The first-order valence-electron chi connectivity index (χ1n) is 3.10. The number of hydrogen-bond donors (Lipinski definition) is 1. The fourth-order valence-corrected chi connectivity index (χ4v) is 0.937. The molecule has 0 heterocycles. The van der Waals surface area contributed by atoms with Crippen molar-refractivity contribution in [1.29, 1.82) is 0 Å². The normalized spacial score (nSPS) is 9.79. The average Bonchev–Trinajstić information content (AvgIpc) is 2.19. The molecule has 0 N–H and O–H groups in total. The summed E-state index contributed by atoms with van der Waals surface area (Å²) in [6.45, 7) is 0. The van der Waals surface area contributed by atoms with Gasteiger partial charge < -0.3 is 0 Å². The molecule has 0 radical (unpaired) electrons. The third-order valence-corrected chi connectivity index (χ3v) is 1.75. The summed E-state index contributed by atoms with van der Waals surface area (Å²) >= 11 is 3.20. The predicted molar refractivity (Wildman–Crippen MR) is 42.3 cm³/mol. The molecule has 14 heavy (non-hydrogen) atoms. The Morgan fingerprint density at radius 1 is 1.00 bits per heavy atom. The lowest BCUT2D eigenvalue weighted by Crippen LogP contribution is -1.96. The van der Waals surface area contributed by atoms with Gasteiger partial charge in [-0.1, -0.05) is 5.11 Å². The molecule has 0 bridgehead atoms. The van der Waals surface area contributed by atoms with Gasteiger partial charge in [0.15, 0.2) is 23.3 Å². The lowest BCUT2D eigenvalue weighted by atomic mass is 10.2. The molecule has 0 unspecified atom stereocenters. The zero-order valence-corrected chi connectivity index (χ0v) is 7.20. The van der Waals surface area contributed by atoms with Gasteiger partial charge in [0.25, 0.3) is 0 Å². The van der Waals surface area contributed by atoms with E-state index in [-0.39, 0.29) is 0 Å². The Labute approximate surface area is 80.4 Å². The summed E-state index contributed by atoms with van der Waals surface area (Å²) in [5, 5.41) is 2.49. The Kier molecular flexibility index (Phi) is 2.87. The monoisotopic (exact) mass is 223 g/mol. The van der Waals surface area contributed by atoms with Crippen LogP contribution in [-0.2, 0) is 0 Å². The van der Waals surface area contributed by atoms with Crippen LogP contribution in [0.2, 0.25) is 0 Å². The second-order valence-corrected chi connectivity index (χ2v) is 2.59. The molecule has 0 aliphatic carbocycles. The number of azide groups is 1. The lowest BCUT2D eigenvalue weighted by molar-refractivity contribution is 0.430. The number of rotatable bonds is 1. The van der Waals surface area contributed by atoms with Gasteiger partial charge in [0, 0.05) is 4.91 Å². The second kappa shape index (κ2) is 3.77. The number of nitrogens with zero attached hydrogens (tertiary/aromatic N) is 3. The van der Waals surface area contributed by atoms with E-state index in [9.17, 15) is 17.6 Å². The Morgan fingerprint density at radius 3 is 1.79 bits per heavy atom. The van der Waals surface area contributed by atoms with Gasteiger partial charge in [0.1, 0.15) is 5.69 Å². The number of benzene rings is 1. The van der Waals surface area contributed by atoms with Gasteiger partial charge in [0.2, 0.25) is 0 Å². The smallest absolute Gasteiger partial charge is 0.175 e. The van der Waals surface area contributed by atoms with Crippen LogP contribution in [0.1, 0.15) is 0 Å². The summed E-state index contributed by atoms with van der Waals surface area (Å²) in [7, 11) is 0. The highest BCUT2D eigenvalue weighted by molar-refractivity contribution is 7.80. The first-order chi connectivity index (χ1) is 6.50. The van der Waals surface area contributed by atoms with E-state index in [4.69, 9.17) is 5.53 Å². The standard InChI is InChI=1S/C6HF4N3S/c7-1-3(9)6(14)4(10)2(8)5(1)12-13-11/h14H. The van der Waals surface area contributed by atoms with E-state index in [1.165, 1.54) is 0 Å². The topological polar surface area (TPSA) is 48.8 Å². The van der Waals surface area contributed by atoms with E-state index in [1.807, 2.05) is 4.91 Å². The van der Waals surface area contributed by atoms with Crippen LogP contribution in [0.15, 0.2) is 10.0 Å². The first-order valence-corrected chi connectivity index (χ1v) is 3.55. The molecule has 0 atom stereocenters. The van der Waals surface area contributed by atoms with Crippen LogP contribution in [0.25, 0.3) is 10.4 Å². The van der Waals surface area contributed by atoms with E-state index in [0.29, 0.717) is 0 Å². The maximum absolute atomic E-state index is 12.8. The quantitative estimate of drug-likeness (QED) is 0.189. The van der Waals surface area contributed by atoms with Gasteiger partial charge in [-0.25, -0.2) is 17.6 Å². The van der Waals surface area contributed by atoms with Gasteiger partial charge in [0.05, 0.1) is 4.90 Å². The molecule has 0 aromatic heterocycles. The molecule has 0 amide bonds. The van der Waals surface area contributed by atoms with Crippen LogP contribution in [-0.4, -0.2) is 0 Å². The molecule has 0 aliphatic rings. The Balaban J connectivity index is 3.67. The molecule has 3 nitrogen and oxygen atoms in total. The molecule has 0 aliphatic heterocycles. The fourth-order valence-electron chi connectivity index (χ4n) is 0.741. The minimum atomic E-state index is -1.77. The summed E-state index contributed by atoms with van der Waals surface area (Å²) in [6, 6.07) is 0. The maximum atomic E-state index is 12.8. The van der Waals surface area contributed by atoms with E-state index in [0.717, 1.165) is 0 Å². The van der Waals surface area contributed by atoms with Crippen LogP contribution in [0, 0.1) is 23.3 Å². The van der Waals surface area contributed by atoms with Crippen molar-refractivity contribution in [2.75, 3.05) is 0 Å². The Hall–Kier alpha value is -1.40. The van der Waals surface area contributed by atoms with Crippen molar-refractivity contribution in [3.05, 3.63) is 33.7 Å². The second-order valence-electron chi connectivity index (χ2n) is 2.14. The van der Waals surface area contributed by atoms with E-state index < -0.39 is 33.9 Å². The molecule has 0 saturated heterocycles. The zero-order chi connectivity index (χ0) is 10.9.